The molecule has 3 rings (SSSR count). The summed E-state index contributed by atoms with van der Waals surface area (Å²) in [6.07, 6.45) is -0.0557. The van der Waals surface area contributed by atoms with E-state index in [-0.39, 0.29) is 6.42 Å². The Kier molecular flexibility index (Phi) is 7.83. The summed E-state index contributed by atoms with van der Waals surface area (Å²) in [6.45, 7) is 5.09. The molecule has 166 valence electrons. The molecule has 1 aliphatic heterocycles. The Morgan fingerprint density at radius 1 is 1.10 bits per heavy atom. The molecule has 2 aromatic carbocycles. The number of nitrogens with one attached hydrogen (secondary N) is 2. The van der Waals surface area contributed by atoms with Crippen LogP contribution >= 0.6 is 11.6 Å². The molecule has 2 N–H and O–H groups in total. The Morgan fingerprint density at radius 3 is 2.55 bits per heavy atom. The third kappa shape index (κ3) is 6.42. The van der Waals surface area contributed by atoms with Crippen LogP contribution in [0, 0.1) is 0 Å². The number of hydrogen-bond acceptors (Lipinski definition) is 6. The molecule has 0 radical (unpaired) electrons. The highest BCUT2D eigenvalue weighted by Crippen LogP contribution is 2.38. The number of rotatable bonds is 7. The predicted molar refractivity (Wildman–Crippen MR) is 115 cm³/mol. The molecule has 0 spiro atoms. The number of amides is 2. The second-order valence-electron chi connectivity index (χ2n) is 6.83. The van der Waals surface area contributed by atoms with Gasteiger partial charge in [-0.1, -0.05) is 11.6 Å². The molecule has 1 atom stereocenters. The average Bonchev–Trinajstić information content (AvgIpc) is 2.99. The lowest BCUT2D eigenvalue weighted by Gasteiger charge is -2.16. The van der Waals surface area contributed by atoms with Crippen molar-refractivity contribution in [2.45, 2.75) is 32.8 Å². The second kappa shape index (κ2) is 10.8. The van der Waals surface area contributed by atoms with E-state index in [1.807, 2.05) is 6.92 Å². The first-order chi connectivity index (χ1) is 15.0. The van der Waals surface area contributed by atoms with Gasteiger partial charge in [0.1, 0.15) is 11.5 Å². The molecule has 0 fully saturated rings. The van der Waals surface area contributed by atoms with Crippen LogP contribution in [0.3, 0.4) is 0 Å². The van der Waals surface area contributed by atoms with E-state index >= 15 is 0 Å². The Bertz CT molecular complexity index is 919. The van der Waals surface area contributed by atoms with Crippen molar-refractivity contribution in [1.29, 1.82) is 0 Å². The maximum atomic E-state index is 12.2. The smallest absolute Gasteiger partial charge is 0.279 e. The van der Waals surface area contributed by atoms with Crippen LogP contribution in [0.5, 0.6) is 23.0 Å². The Morgan fingerprint density at radius 2 is 1.81 bits per heavy atom. The minimum atomic E-state index is -0.814. The lowest BCUT2D eigenvalue weighted by atomic mass is 10.1. The van der Waals surface area contributed by atoms with Crippen molar-refractivity contribution in [3.05, 3.63) is 47.0 Å². The third-order valence-corrected chi connectivity index (χ3v) is 4.65. The number of halogens is 1. The first-order valence-corrected chi connectivity index (χ1v) is 10.4. The minimum absolute atomic E-state index is 0.00473. The molecule has 2 amide bonds. The summed E-state index contributed by atoms with van der Waals surface area (Å²) in [6, 6.07) is 10.3. The Balaban J connectivity index is 1.49. The molecule has 1 unspecified atom stereocenters. The van der Waals surface area contributed by atoms with Crippen molar-refractivity contribution in [2.75, 3.05) is 19.8 Å². The maximum Gasteiger partial charge on any atom is 0.279 e. The van der Waals surface area contributed by atoms with Gasteiger partial charge >= 0.3 is 0 Å². The van der Waals surface area contributed by atoms with Gasteiger partial charge in [-0.15, -0.1) is 0 Å². The first kappa shape index (κ1) is 22.6. The molecule has 0 aromatic heterocycles. The summed E-state index contributed by atoms with van der Waals surface area (Å²) >= 11 is 6.25. The number of carbonyl (C=O) groups is 2. The van der Waals surface area contributed by atoms with E-state index in [1.165, 1.54) is 0 Å². The van der Waals surface area contributed by atoms with Gasteiger partial charge < -0.3 is 18.9 Å². The molecule has 31 heavy (non-hydrogen) atoms. The molecule has 0 aliphatic carbocycles. The highest BCUT2D eigenvalue weighted by Gasteiger charge is 2.18. The fourth-order valence-corrected chi connectivity index (χ4v) is 3.18. The highest BCUT2D eigenvalue weighted by atomic mass is 35.5. The summed E-state index contributed by atoms with van der Waals surface area (Å²) in [7, 11) is 0. The normalized spacial score (nSPS) is 13.5. The van der Waals surface area contributed by atoms with Crippen molar-refractivity contribution < 1.29 is 28.5 Å². The van der Waals surface area contributed by atoms with E-state index in [1.54, 1.807) is 43.3 Å². The molecular weight excluding hydrogens is 424 g/mol. The van der Waals surface area contributed by atoms with Gasteiger partial charge in [-0.2, -0.15) is 0 Å². The summed E-state index contributed by atoms with van der Waals surface area (Å²) in [5, 5.41) is 0.378. The van der Waals surface area contributed by atoms with Gasteiger partial charge in [0.15, 0.2) is 17.6 Å². The largest absolute Gasteiger partial charge is 0.494 e. The predicted octanol–water partition coefficient (Wildman–Crippen LogP) is 3.06. The standard InChI is InChI=1S/C22H25ClN2O6/c1-3-28-16-5-7-17(8-6-16)31-14(2)22(27)25-24-20(26)13-15-11-18(23)21-19(12-15)29-9-4-10-30-21/h5-8,11-12,14H,3-4,9-10,13H2,1-2H3,(H,24,26)(H,25,27). The van der Waals surface area contributed by atoms with Gasteiger partial charge in [-0.25, -0.2) is 0 Å². The number of fused-ring (bicyclic) bond motifs is 1. The molecule has 1 aliphatic rings. The third-order valence-electron chi connectivity index (χ3n) is 4.37. The van der Waals surface area contributed by atoms with E-state index < -0.39 is 17.9 Å². The van der Waals surface area contributed by atoms with Crippen LogP contribution < -0.4 is 29.8 Å². The SMILES string of the molecule is CCOc1ccc(OC(C)C(=O)NNC(=O)Cc2cc(Cl)c3c(c2)OCCCO3)cc1. The lowest BCUT2D eigenvalue weighted by Crippen LogP contribution is -2.47. The van der Waals surface area contributed by atoms with E-state index in [0.717, 1.165) is 6.42 Å². The van der Waals surface area contributed by atoms with Crippen LogP contribution in [-0.2, 0) is 16.0 Å². The summed E-state index contributed by atoms with van der Waals surface area (Å²) in [5.74, 6) is 1.32. The quantitative estimate of drug-likeness (QED) is 0.632. The summed E-state index contributed by atoms with van der Waals surface area (Å²) in [4.78, 5) is 24.5. The molecule has 0 saturated heterocycles. The molecule has 8 nitrogen and oxygen atoms in total. The lowest BCUT2D eigenvalue weighted by molar-refractivity contribution is -0.132. The zero-order valence-corrected chi connectivity index (χ0v) is 18.2. The number of hydrogen-bond donors (Lipinski definition) is 2. The fraction of sp³-hybridized carbons (Fsp3) is 0.364. The first-order valence-electron chi connectivity index (χ1n) is 10.0. The number of hydrazine groups is 1. The Labute approximate surface area is 185 Å². The molecule has 0 saturated carbocycles. The van der Waals surface area contributed by atoms with Crippen LogP contribution in [0.25, 0.3) is 0 Å². The number of ether oxygens (including phenoxy) is 4. The van der Waals surface area contributed by atoms with Crippen LogP contribution in [0.15, 0.2) is 36.4 Å². The van der Waals surface area contributed by atoms with Gasteiger partial charge in [0, 0.05) is 6.42 Å². The van der Waals surface area contributed by atoms with Gasteiger partial charge in [0.05, 0.1) is 31.3 Å². The van der Waals surface area contributed by atoms with E-state index in [2.05, 4.69) is 10.9 Å². The van der Waals surface area contributed by atoms with Gasteiger partial charge in [-0.3, -0.25) is 20.4 Å². The van der Waals surface area contributed by atoms with Crippen LogP contribution in [0.1, 0.15) is 25.8 Å². The van der Waals surface area contributed by atoms with Crippen LogP contribution in [-0.4, -0.2) is 37.7 Å². The van der Waals surface area contributed by atoms with Crippen molar-refractivity contribution in [3.63, 3.8) is 0 Å². The van der Waals surface area contributed by atoms with Crippen molar-refractivity contribution in [3.8, 4) is 23.0 Å². The van der Waals surface area contributed by atoms with Crippen molar-refractivity contribution in [2.24, 2.45) is 0 Å². The van der Waals surface area contributed by atoms with Crippen molar-refractivity contribution >= 4 is 23.4 Å². The van der Waals surface area contributed by atoms with Crippen molar-refractivity contribution in [1.82, 2.24) is 10.9 Å². The second-order valence-corrected chi connectivity index (χ2v) is 7.24. The Hall–Kier alpha value is -3.13. The minimum Gasteiger partial charge on any atom is -0.494 e. The molecule has 0 bridgehead atoms. The molecule has 9 heteroatoms. The number of benzene rings is 2. The highest BCUT2D eigenvalue weighted by molar-refractivity contribution is 6.32. The molecular formula is C22H25ClN2O6. The van der Waals surface area contributed by atoms with Crippen LogP contribution in [0.2, 0.25) is 5.02 Å². The van der Waals surface area contributed by atoms with Crippen LogP contribution in [0.4, 0.5) is 0 Å². The molecule has 1 heterocycles. The zero-order valence-electron chi connectivity index (χ0n) is 17.4. The van der Waals surface area contributed by atoms with E-state index in [0.29, 0.717) is 53.4 Å². The van der Waals surface area contributed by atoms with Gasteiger partial charge in [-0.05, 0) is 55.8 Å². The summed E-state index contributed by atoms with van der Waals surface area (Å²) in [5.41, 5.74) is 5.38. The zero-order chi connectivity index (χ0) is 22.2. The monoisotopic (exact) mass is 448 g/mol. The summed E-state index contributed by atoms with van der Waals surface area (Å²) < 4.78 is 22.1. The maximum absolute atomic E-state index is 12.2. The topological polar surface area (TPSA) is 95.1 Å². The van der Waals surface area contributed by atoms with Gasteiger partial charge in [0.25, 0.3) is 5.91 Å². The molecule has 2 aromatic rings. The fourth-order valence-electron chi connectivity index (χ4n) is 2.89. The van der Waals surface area contributed by atoms with E-state index in [9.17, 15) is 9.59 Å². The van der Waals surface area contributed by atoms with E-state index in [4.69, 9.17) is 30.5 Å². The number of carbonyl (C=O) groups excluding carboxylic acids is 2. The van der Waals surface area contributed by atoms with Gasteiger partial charge in [0.2, 0.25) is 5.91 Å². The average molecular weight is 449 g/mol.